The molecule has 4 aromatic rings. The van der Waals surface area contributed by atoms with E-state index >= 15 is 0 Å². The highest BCUT2D eigenvalue weighted by Crippen LogP contribution is 2.30. The molecule has 5 heterocycles. The van der Waals surface area contributed by atoms with Crippen LogP contribution in [0.2, 0.25) is 0 Å². The molecular weight excluding hydrogens is 392 g/mol. The fourth-order valence-electron chi connectivity index (χ4n) is 4.17. The van der Waals surface area contributed by atoms with Crippen molar-refractivity contribution in [1.29, 1.82) is 0 Å². The van der Waals surface area contributed by atoms with Crippen molar-refractivity contribution in [2.75, 3.05) is 18.0 Å². The van der Waals surface area contributed by atoms with Gasteiger partial charge >= 0.3 is 0 Å². The van der Waals surface area contributed by atoms with Gasteiger partial charge in [0.05, 0.1) is 18.3 Å². The van der Waals surface area contributed by atoms with Gasteiger partial charge in [0.15, 0.2) is 11.2 Å². The molecule has 1 atom stereocenters. The van der Waals surface area contributed by atoms with E-state index in [0.29, 0.717) is 11.4 Å². The maximum Gasteiger partial charge on any atom is 0.245 e. The van der Waals surface area contributed by atoms with Crippen LogP contribution in [0.3, 0.4) is 0 Å². The third kappa shape index (κ3) is 3.39. The molecule has 0 radical (unpaired) electrons. The standard InChI is InChI=1S/C22H26N8O/c1-5-30-15(3)17(11-26-30)20-27-19-21(28(20)4)24-13-25-22(19)31-16-7-9-29(12-16)18-10-14(2)6-8-23-18/h6,8,10-11,13,16H,5,7,9,12H2,1-4H3/t16-/m0/s1. The first-order chi connectivity index (χ1) is 15.0. The zero-order valence-electron chi connectivity index (χ0n) is 18.3. The number of hydrogen-bond acceptors (Lipinski definition) is 7. The molecule has 5 rings (SSSR count). The molecule has 1 saturated heterocycles. The lowest BCUT2D eigenvalue weighted by atomic mass is 10.2. The summed E-state index contributed by atoms with van der Waals surface area (Å²) < 4.78 is 10.3. The van der Waals surface area contributed by atoms with E-state index in [0.717, 1.165) is 54.6 Å². The molecule has 1 fully saturated rings. The molecule has 0 spiro atoms. The zero-order chi connectivity index (χ0) is 21.5. The van der Waals surface area contributed by atoms with E-state index in [1.54, 1.807) is 6.33 Å². The van der Waals surface area contributed by atoms with Crippen molar-refractivity contribution >= 4 is 17.0 Å². The van der Waals surface area contributed by atoms with Crippen LogP contribution in [0.1, 0.15) is 24.6 Å². The van der Waals surface area contributed by atoms with Gasteiger partial charge in [-0.3, -0.25) is 4.68 Å². The van der Waals surface area contributed by atoms with Gasteiger partial charge in [0.2, 0.25) is 5.88 Å². The van der Waals surface area contributed by atoms with Gasteiger partial charge in [-0.05, 0) is 38.5 Å². The summed E-state index contributed by atoms with van der Waals surface area (Å²) >= 11 is 0. The Labute approximate surface area is 180 Å². The lowest BCUT2D eigenvalue weighted by molar-refractivity contribution is 0.218. The highest BCUT2D eigenvalue weighted by molar-refractivity contribution is 5.81. The number of aryl methyl sites for hydroxylation is 3. The Morgan fingerprint density at radius 3 is 2.84 bits per heavy atom. The second-order valence-corrected chi connectivity index (χ2v) is 7.97. The van der Waals surface area contributed by atoms with E-state index in [4.69, 9.17) is 9.72 Å². The van der Waals surface area contributed by atoms with Crippen molar-refractivity contribution in [2.45, 2.75) is 39.8 Å². The van der Waals surface area contributed by atoms with Gasteiger partial charge < -0.3 is 14.2 Å². The quantitative estimate of drug-likeness (QED) is 0.492. The summed E-state index contributed by atoms with van der Waals surface area (Å²) in [6.07, 6.45) is 6.18. The third-order valence-corrected chi connectivity index (χ3v) is 5.91. The van der Waals surface area contributed by atoms with Gasteiger partial charge in [0, 0.05) is 38.4 Å². The minimum Gasteiger partial charge on any atom is -0.471 e. The normalized spacial score (nSPS) is 16.4. The van der Waals surface area contributed by atoms with E-state index in [1.807, 2.05) is 34.8 Å². The van der Waals surface area contributed by atoms with Crippen LogP contribution in [0.5, 0.6) is 5.88 Å². The van der Waals surface area contributed by atoms with Crippen LogP contribution in [0.4, 0.5) is 5.82 Å². The van der Waals surface area contributed by atoms with Crippen LogP contribution in [0.15, 0.2) is 30.9 Å². The molecule has 1 aliphatic heterocycles. The summed E-state index contributed by atoms with van der Waals surface area (Å²) in [4.78, 5) is 20.5. The summed E-state index contributed by atoms with van der Waals surface area (Å²) in [5.41, 5.74) is 4.70. The Bertz CT molecular complexity index is 1240. The van der Waals surface area contributed by atoms with Crippen LogP contribution >= 0.6 is 0 Å². The van der Waals surface area contributed by atoms with Gasteiger partial charge in [-0.2, -0.15) is 10.1 Å². The van der Waals surface area contributed by atoms with Gasteiger partial charge in [-0.15, -0.1) is 0 Å². The number of ether oxygens (including phenoxy) is 1. The van der Waals surface area contributed by atoms with E-state index in [2.05, 4.69) is 51.8 Å². The summed E-state index contributed by atoms with van der Waals surface area (Å²) in [5.74, 6) is 2.33. The minimum atomic E-state index is 0.0236. The van der Waals surface area contributed by atoms with Crippen LogP contribution < -0.4 is 9.64 Å². The number of rotatable bonds is 5. The highest BCUT2D eigenvalue weighted by atomic mass is 16.5. The fraction of sp³-hybridized carbons (Fsp3) is 0.409. The summed E-state index contributed by atoms with van der Waals surface area (Å²) in [5, 5.41) is 4.46. The molecule has 0 aliphatic carbocycles. The molecule has 9 heteroatoms. The number of nitrogens with zero attached hydrogens (tertiary/aromatic N) is 8. The van der Waals surface area contributed by atoms with E-state index in [-0.39, 0.29) is 6.10 Å². The Hall–Kier alpha value is -3.49. The molecule has 0 amide bonds. The average Bonchev–Trinajstić information content (AvgIpc) is 3.46. The predicted octanol–water partition coefficient (Wildman–Crippen LogP) is 2.92. The maximum atomic E-state index is 6.31. The van der Waals surface area contributed by atoms with Gasteiger partial charge in [0.25, 0.3) is 0 Å². The number of pyridine rings is 1. The third-order valence-electron chi connectivity index (χ3n) is 5.91. The SMILES string of the molecule is CCn1ncc(-c2nc3c(O[C@H]4CCN(c5cc(C)ccn5)C4)ncnc3n2C)c1C. The lowest BCUT2D eigenvalue weighted by Gasteiger charge is -2.18. The van der Waals surface area contributed by atoms with Crippen molar-refractivity contribution < 1.29 is 4.74 Å². The van der Waals surface area contributed by atoms with Crippen molar-refractivity contribution in [3.05, 3.63) is 42.1 Å². The number of hydrogen-bond donors (Lipinski definition) is 0. The molecule has 0 saturated carbocycles. The number of fused-ring (bicyclic) bond motifs is 1. The van der Waals surface area contributed by atoms with Gasteiger partial charge in [0.1, 0.15) is 24.1 Å². The summed E-state index contributed by atoms with van der Waals surface area (Å²) in [6.45, 7) is 8.70. The Kier molecular flexibility index (Phi) is 4.80. The van der Waals surface area contributed by atoms with Crippen LogP contribution in [0, 0.1) is 13.8 Å². The highest BCUT2D eigenvalue weighted by Gasteiger charge is 2.27. The minimum absolute atomic E-state index is 0.0236. The molecule has 31 heavy (non-hydrogen) atoms. The first kappa shape index (κ1) is 19.5. The topological polar surface area (TPSA) is 86.8 Å². The monoisotopic (exact) mass is 418 g/mol. The zero-order valence-corrected chi connectivity index (χ0v) is 18.3. The first-order valence-electron chi connectivity index (χ1n) is 10.6. The van der Waals surface area contributed by atoms with Crippen molar-refractivity contribution in [2.24, 2.45) is 7.05 Å². The first-order valence-corrected chi connectivity index (χ1v) is 10.6. The Morgan fingerprint density at radius 1 is 1.19 bits per heavy atom. The van der Waals surface area contributed by atoms with Crippen molar-refractivity contribution in [1.82, 2.24) is 34.3 Å². The van der Waals surface area contributed by atoms with E-state index in [1.165, 1.54) is 5.56 Å². The van der Waals surface area contributed by atoms with E-state index in [9.17, 15) is 0 Å². The smallest absolute Gasteiger partial charge is 0.245 e. The largest absolute Gasteiger partial charge is 0.471 e. The van der Waals surface area contributed by atoms with Gasteiger partial charge in [-0.25, -0.2) is 15.0 Å². The van der Waals surface area contributed by atoms with Crippen LogP contribution in [-0.4, -0.2) is 53.5 Å². The molecule has 0 unspecified atom stereocenters. The molecule has 9 nitrogen and oxygen atoms in total. The molecule has 0 aromatic carbocycles. The molecule has 1 aliphatic rings. The second-order valence-electron chi connectivity index (χ2n) is 7.97. The van der Waals surface area contributed by atoms with Crippen LogP contribution in [0.25, 0.3) is 22.6 Å². The predicted molar refractivity (Wildman–Crippen MR) is 118 cm³/mol. The fourth-order valence-corrected chi connectivity index (χ4v) is 4.17. The molecule has 4 aromatic heterocycles. The lowest BCUT2D eigenvalue weighted by Crippen LogP contribution is -2.25. The summed E-state index contributed by atoms with van der Waals surface area (Å²) in [7, 11) is 1.96. The van der Waals surface area contributed by atoms with Crippen LogP contribution in [-0.2, 0) is 13.6 Å². The summed E-state index contributed by atoms with van der Waals surface area (Å²) in [6, 6.07) is 4.12. The molecular formula is C22H26N8O. The van der Waals surface area contributed by atoms with Crippen molar-refractivity contribution in [3.63, 3.8) is 0 Å². The second kappa shape index (κ2) is 7.64. The number of anilines is 1. The Morgan fingerprint density at radius 2 is 2.06 bits per heavy atom. The Balaban J connectivity index is 1.43. The molecule has 160 valence electrons. The number of aromatic nitrogens is 7. The van der Waals surface area contributed by atoms with Gasteiger partial charge in [-0.1, -0.05) is 0 Å². The van der Waals surface area contributed by atoms with E-state index < -0.39 is 0 Å². The van der Waals surface area contributed by atoms with Crippen molar-refractivity contribution in [3.8, 4) is 17.3 Å². The molecule has 0 bridgehead atoms. The number of imidazole rings is 1. The molecule has 0 N–H and O–H groups in total. The average molecular weight is 419 g/mol. The maximum absolute atomic E-state index is 6.31.